The summed E-state index contributed by atoms with van der Waals surface area (Å²) in [6, 6.07) is 5.49. The summed E-state index contributed by atoms with van der Waals surface area (Å²) in [4.78, 5) is 11.7. The van der Waals surface area contributed by atoms with Crippen molar-refractivity contribution in [2.45, 2.75) is 26.3 Å². The van der Waals surface area contributed by atoms with E-state index in [1.165, 1.54) is 0 Å². The van der Waals surface area contributed by atoms with Gasteiger partial charge < -0.3 is 20.5 Å². The van der Waals surface area contributed by atoms with E-state index >= 15 is 0 Å². The number of anilines is 1. The lowest BCUT2D eigenvalue weighted by Gasteiger charge is -2.11. The van der Waals surface area contributed by atoms with E-state index in [-0.39, 0.29) is 5.91 Å². The SMILES string of the molecule is CCOc1ccc(NC(=O)CCCOC)cc1CN. The fourth-order valence-electron chi connectivity index (χ4n) is 1.71. The molecule has 106 valence electrons. The molecule has 1 amide bonds. The number of carbonyl (C=O) groups excluding carboxylic acids is 1. The average molecular weight is 266 g/mol. The Kier molecular flexibility index (Phi) is 6.92. The van der Waals surface area contributed by atoms with Gasteiger partial charge in [0.2, 0.25) is 5.91 Å². The first kappa shape index (κ1) is 15.5. The Labute approximate surface area is 114 Å². The molecule has 19 heavy (non-hydrogen) atoms. The van der Waals surface area contributed by atoms with Gasteiger partial charge in [-0.15, -0.1) is 0 Å². The molecular weight excluding hydrogens is 244 g/mol. The van der Waals surface area contributed by atoms with Crippen molar-refractivity contribution < 1.29 is 14.3 Å². The second-order valence-electron chi connectivity index (χ2n) is 4.10. The minimum atomic E-state index is -0.0239. The summed E-state index contributed by atoms with van der Waals surface area (Å²) in [6.45, 7) is 3.48. The third kappa shape index (κ3) is 5.28. The molecule has 0 aliphatic carbocycles. The first-order valence-electron chi connectivity index (χ1n) is 6.45. The topological polar surface area (TPSA) is 73.6 Å². The maximum absolute atomic E-state index is 11.7. The largest absolute Gasteiger partial charge is 0.494 e. The van der Waals surface area contributed by atoms with Crippen LogP contribution in [-0.4, -0.2) is 26.2 Å². The fraction of sp³-hybridized carbons (Fsp3) is 0.500. The van der Waals surface area contributed by atoms with Crippen LogP contribution in [0.2, 0.25) is 0 Å². The second kappa shape index (κ2) is 8.50. The van der Waals surface area contributed by atoms with E-state index in [4.69, 9.17) is 15.2 Å². The van der Waals surface area contributed by atoms with E-state index in [9.17, 15) is 4.79 Å². The van der Waals surface area contributed by atoms with Gasteiger partial charge in [-0.05, 0) is 31.5 Å². The number of hydrogen-bond acceptors (Lipinski definition) is 4. The standard InChI is InChI=1S/C14H22N2O3/c1-3-19-13-7-6-12(9-11(13)10-15)16-14(17)5-4-8-18-2/h6-7,9H,3-5,8,10,15H2,1-2H3,(H,16,17). The van der Waals surface area contributed by atoms with E-state index < -0.39 is 0 Å². The first-order valence-corrected chi connectivity index (χ1v) is 6.45. The predicted molar refractivity (Wildman–Crippen MR) is 75.2 cm³/mol. The van der Waals surface area contributed by atoms with Crippen LogP contribution in [0.15, 0.2) is 18.2 Å². The van der Waals surface area contributed by atoms with Gasteiger partial charge in [-0.2, -0.15) is 0 Å². The zero-order chi connectivity index (χ0) is 14.1. The van der Waals surface area contributed by atoms with Gasteiger partial charge in [0.15, 0.2) is 0 Å². The smallest absolute Gasteiger partial charge is 0.224 e. The summed E-state index contributed by atoms with van der Waals surface area (Å²) in [7, 11) is 1.62. The Bertz CT molecular complexity index is 408. The van der Waals surface area contributed by atoms with Crippen molar-refractivity contribution in [3.63, 3.8) is 0 Å². The molecular formula is C14H22N2O3. The van der Waals surface area contributed by atoms with Crippen molar-refractivity contribution >= 4 is 11.6 Å². The van der Waals surface area contributed by atoms with Gasteiger partial charge in [-0.3, -0.25) is 4.79 Å². The molecule has 1 rings (SSSR count). The Balaban J connectivity index is 2.61. The van der Waals surface area contributed by atoms with Crippen molar-refractivity contribution in [2.24, 2.45) is 5.73 Å². The molecule has 0 heterocycles. The molecule has 0 saturated heterocycles. The predicted octanol–water partition coefficient (Wildman–Crippen LogP) is 1.91. The van der Waals surface area contributed by atoms with Crippen LogP contribution in [0, 0.1) is 0 Å². The van der Waals surface area contributed by atoms with Gasteiger partial charge in [0, 0.05) is 37.9 Å². The average Bonchev–Trinajstić information content (AvgIpc) is 2.41. The Morgan fingerprint density at radius 1 is 1.42 bits per heavy atom. The molecule has 5 nitrogen and oxygen atoms in total. The minimum absolute atomic E-state index is 0.0239. The summed E-state index contributed by atoms with van der Waals surface area (Å²) in [5.74, 6) is 0.742. The normalized spacial score (nSPS) is 10.3. The molecule has 0 spiro atoms. The van der Waals surface area contributed by atoms with Crippen LogP contribution in [0.3, 0.4) is 0 Å². The molecule has 1 aromatic carbocycles. The molecule has 0 unspecified atom stereocenters. The molecule has 0 atom stereocenters. The molecule has 0 bridgehead atoms. The van der Waals surface area contributed by atoms with Crippen molar-refractivity contribution in [2.75, 3.05) is 25.6 Å². The highest BCUT2D eigenvalue weighted by atomic mass is 16.5. The van der Waals surface area contributed by atoms with Gasteiger partial charge in [0.25, 0.3) is 0 Å². The lowest BCUT2D eigenvalue weighted by atomic mass is 10.1. The van der Waals surface area contributed by atoms with Crippen LogP contribution in [0.25, 0.3) is 0 Å². The number of benzene rings is 1. The fourth-order valence-corrected chi connectivity index (χ4v) is 1.71. The maximum atomic E-state index is 11.7. The van der Waals surface area contributed by atoms with E-state index in [0.717, 1.165) is 17.0 Å². The van der Waals surface area contributed by atoms with Gasteiger partial charge in [0.1, 0.15) is 5.75 Å². The second-order valence-corrected chi connectivity index (χ2v) is 4.10. The minimum Gasteiger partial charge on any atom is -0.494 e. The third-order valence-electron chi connectivity index (χ3n) is 2.62. The molecule has 0 aliphatic rings. The molecule has 3 N–H and O–H groups in total. The van der Waals surface area contributed by atoms with Crippen molar-refractivity contribution in [3.05, 3.63) is 23.8 Å². The monoisotopic (exact) mass is 266 g/mol. The zero-order valence-corrected chi connectivity index (χ0v) is 11.6. The van der Waals surface area contributed by atoms with E-state index in [2.05, 4.69) is 5.32 Å². The van der Waals surface area contributed by atoms with Gasteiger partial charge in [0.05, 0.1) is 6.61 Å². The van der Waals surface area contributed by atoms with Crippen LogP contribution in [0.5, 0.6) is 5.75 Å². The number of methoxy groups -OCH3 is 1. The van der Waals surface area contributed by atoms with Crippen molar-refractivity contribution in [1.29, 1.82) is 0 Å². The van der Waals surface area contributed by atoms with Crippen LogP contribution in [0.4, 0.5) is 5.69 Å². The number of ether oxygens (including phenoxy) is 2. The molecule has 0 aliphatic heterocycles. The summed E-state index contributed by atoms with van der Waals surface area (Å²) >= 11 is 0. The van der Waals surface area contributed by atoms with Crippen LogP contribution < -0.4 is 15.8 Å². The van der Waals surface area contributed by atoms with Gasteiger partial charge in [-0.25, -0.2) is 0 Å². The first-order chi connectivity index (χ1) is 9.21. The Morgan fingerprint density at radius 3 is 2.84 bits per heavy atom. The van der Waals surface area contributed by atoms with Crippen molar-refractivity contribution in [3.8, 4) is 5.75 Å². The van der Waals surface area contributed by atoms with E-state index in [1.54, 1.807) is 7.11 Å². The summed E-state index contributed by atoms with van der Waals surface area (Å²) in [6.07, 6.45) is 1.15. The molecule has 5 heteroatoms. The Morgan fingerprint density at radius 2 is 2.21 bits per heavy atom. The summed E-state index contributed by atoms with van der Waals surface area (Å²) < 4.78 is 10.4. The van der Waals surface area contributed by atoms with Crippen LogP contribution in [0.1, 0.15) is 25.3 Å². The van der Waals surface area contributed by atoms with Crippen LogP contribution in [-0.2, 0) is 16.1 Å². The molecule has 0 fully saturated rings. The lowest BCUT2D eigenvalue weighted by molar-refractivity contribution is -0.116. The number of nitrogens with two attached hydrogens (primary N) is 1. The summed E-state index contributed by atoms with van der Waals surface area (Å²) in [5, 5.41) is 2.84. The van der Waals surface area contributed by atoms with E-state index in [0.29, 0.717) is 32.6 Å². The maximum Gasteiger partial charge on any atom is 0.224 e. The van der Waals surface area contributed by atoms with Gasteiger partial charge >= 0.3 is 0 Å². The highest BCUT2D eigenvalue weighted by Crippen LogP contribution is 2.22. The summed E-state index contributed by atoms with van der Waals surface area (Å²) in [5.41, 5.74) is 7.30. The van der Waals surface area contributed by atoms with E-state index in [1.807, 2.05) is 25.1 Å². The zero-order valence-electron chi connectivity index (χ0n) is 11.6. The number of carbonyl (C=O) groups is 1. The highest BCUT2D eigenvalue weighted by molar-refractivity contribution is 5.90. The number of hydrogen-bond donors (Lipinski definition) is 2. The third-order valence-corrected chi connectivity index (χ3v) is 2.62. The number of nitrogens with one attached hydrogen (secondary N) is 1. The van der Waals surface area contributed by atoms with Gasteiger partial charge in [-0.1, -0.05) is 0 Å². The highest BCUT2D eigenvalue weighted by Gasteiger charge is 2.06. The molecule has 0 saturated carbocycles. The Hall–Kier alpha value is -1.59. The molecule has 1 aromatic rings. The van der Waals surface area contributed by atoms with Crippen molar-refractivity contribution in [1.82, 2.24) is 0 Å². The number of rotatable bonds is 8. The number of amides is 1. The molecule has 0 aromatic heterocycles. The quantitative estimate of drug-likeness (QED) is 0.705. The molecule has 0 radical (unpaired) electrons. The lowest BCUT2D eigenvalue weighted by Crippen LogP contribution is -2.13. The van der Waals surface area contributed by atoms with Crippen LogP contribution >= 0.6 is 0 Å².